The van der Waals surface area contributed by atoms with Crippen molar-refractivity contribution in [1.29, 1.82) is 0 Å². The van der Waals surface area contributed by atoms with Gasteiger partial charge >= 0.3 is 6.03 Å². The Morgan fingerprint density at radius 1 is 1.48 bits per heavy atom. The van der Waals surface area contributed by atoms with Crippen LogP contribution in [-0.4, -0.2) is 51.7 Å². The van der Waals surface area contributed by atoms with E-state index in [-0.39, 0.29) is 18.2 Å². The number of carbonyl (C=O) groups excluding carboxylic acids is 1. The fourth-order valence-corrected chi connectivity index (χ4v) is 4.62. The van der Waals surface area contributed by atoms with Gasteiger partial charge in [-0.2, -0.15) is 0 Å². The van der Waals surface area contributed by atoms with Crippen LogP contribution in [-0.2, 0) is 14.2 Å². The number of amides is 2. The number of alkyl halides is 1. The monoisotopic (exact) mass is 430 g/mol. The molecule has 4 rings (SSSR count). The minimum Gasteiger partial charge on any atom is -0.347 e. The Labute approximate surface area is 149 Å². The van der Waals surface area contributed by atoms with Gasteiger partial charge in [0.1, 0.15) is 6.10 Å². The maximum atomic E-state index is 12.3. The molecule has 23 heavy (non-hydrogen) atoms. The van der Waals surface area contributed by atoms with Crippen LogP contribution in [0.15, 0.2) is 12.3 Å². The molecule has 3 heterocycles. The van der Waals surface area contributed by atoms with Crippen LogP contribution in [0.5, 0.6) is 0 Å². The van der Waals surface area contributed by atoms with E-state index in [1.54, 1.807) is 6.20 Å². The standard InChI is InChI=1S/C16H19IN2O4/c1-2-16-12(22-15(23-16)6-3-4-7-15)11(10-17)21-13(16)19-9-5-8-18-14(19)20/h1,5,9,11-13H,3-4,6-8,10H2,(H,18,20)/t11-,12-,13-,16-/m1/s1. The average Bonchev–Trinajstić information content (AvgIpc) is 3.22. The molecule has 0 aromatic carbocycles. The van der Waals surface area contributed by atoms with Crippen molar-refractivity contribution in [3.63, 3.8) is 0 Å². The average molecular weight is 430 g/mol. The number of nitrogens with one attached hydrogen (secondary N) is 1. The van der Waals surface area contributed by atoms with Crippen molar-refractivity contribution < 1.29 is 19.0 Å². The van der Waals surface area contributed by atoms with E-state index in [4.69, 9.17) is 20.6 Å². The summed E-state index contributed by atoms with van der Waals surface area (Å²) in [6, 6.07) is -0.226. The van der Waals surface area contributed by atoms with E-state index in [2.05, 4.69) is 33.8 Å². The number of ether oxygens (including phenoxy) is 3. The van der Waals surface area contributed by atoms with Gasteiger partial charge in [0.2, 0.25) is 5.60 Å². The molecule has 124 valence electrons. The maximum absolute atomic E-state index is 12.3. The third-order valence-electron chi connectivity index (χ3n) is 4.99. The molecular formula is C16H19IN2O4. The molecular weight excluding hydrogens is 411 g/mol. The predicted molar refractivity (Wildman–Crippen MR) is 90.6 cm³/mol. The maximum Gasteiger partial charge on any atom is 0.323 e. The van der Waals surface area contributed by atoms with Gasteiger partial charge in [-0.1, -0.05) is 28.5 Å². The lowest BCUT2D eigenvalue weighted by Crippen LogP contribution is -2.56. The van der Waals surface area contributed by atoms with E-state index < -0.39 is 17.6 Å². The van der Waals surface area contributed by atoms with Gasteiger partial charge in [-0.05, 0) is 18.9 Å². The summed E-state index contributed by atoms with van der Waals surface area (Å²) in [5.41, 5.74) is -1.06. The molecule has 0 aromatic rings. The summed E-state index contributed by atoms with van der Waals surface area (Å²) in [6.07, 6.45) is 12.1. The molecule has 1 saturated carbocycles. The third-order valence-corrected chi connectivity index (χ3v) is 5.86. The van der Waals surface area contributed by atoms with Crippen molar-refractivity contribution in [2.24, 2.45) is 0 Å². The minimum absolute atomic E-state index is 0.195. The highest BCUT2D eigenvalue weighted by molar-refractivity contribution is 14.1. The van der Waals surface area contributed by atoms with E-state index in [1.165, 1.54) is 4.90 Å². The number of hydrogen-bond donors (Lipinski definition) is 1. The number of halogens is 1. The molecule has 3 fully saturated rings. The zero-order valence-electron chi connectivity index (χ0n) is 12.7. The van der Waals surface area contributed by atoms with E-state index >= 15 is 0 Å². The Morgan fingerprint density at radius 3 is 2.91 bits per heavy atom. The van der Waals surface area contributed by atoms with Crippen LogP contribution in [0.2, 0.25) is 0 Å². The number of terminal acetylenes is 1. The molecule has 6 nitrogen and oxygen atoms in total. The molecule has 4 atom stereocenters. The fourth-order valence-electron chi connectivity index (χ4n) is 3.95. The molecule has 1 spiro atoms. The zero-order valence-corrected chi connectivity index (χ0v) is 14.8. The highest BCUT2D eigenvalue weighted by Gasteiger charge is 2.69. The Balaban J connectivity index is 1.72. The van der Waals surface area contributed by atoms with Crippen LogP contribution in [0.1, 0.15) is 25.7 Å². The van der Waals surface area contributed by atoms with Crippen LogP contribution in [0.3, 0.4) is 0 Å². The Kier molecular flexibility index (Phi) is 3.83. The number of nitrogens with zero attached hydrogens (tertiary/aromatic N) is 1. The second-order valence-electron chi connectivity index (χ2n) is 6.36. The Hall–Kier alpha value is -0.820. The van der Waals surface area contributed by atoms with E-state index in [0.29, 0.717) is 6.54 Å². The van der Waals surface area contributed by atoms with Crippen LogP contribution in [0.4, 0.5) is 4.79 Å². The summed E-state index contributed by atoms with van der Waals surface area (Å²) in [5.74, 6) is 2.18. The highest BCUT2D eigenvalue weighted by Crippen LogP contribution is 2.53. The first-order chi connectivity index (χ1) is 11.1. The molecule has 2 saturated heterocycles. The van der Waals surface area contributed by atoms with Crippen molar-refractivity contribution >= 4 is 28.6 Å². The van der Waals surface area contributed by atoms with Crippen LogP contribution in [0.25, 0.3) is 0 Å². The van der Waals surface area contributed by atoms with Gasteiger partial charge in [-0.15, -0.1) is 6.42 Å². The first kappa shape index (κ1) is 15.7. The first-order valence-corrected chi connectivity index (χ1v) is 9.47. The van der Waals surface area contributed by atoms with Gasteiger partial charge in [-0.25, -0.2) is 4.79 Å². The summed E-state index contributed by atoms with van der Waals surface area (Å²) >= 11 is 2.26. The molecule has 0 aromatic heterocycles. The lowest BCUT2D eigenvalue weighted by atomic mass is 9.95. The van der Waals surface area contributed by atoms with E-state index in [1.807, 2.05) is 6.08 Å². The third kappa shape index (κ3) is 2.22. The molecule has 0 unspecified atom stereocenters. The molecule has 0 radical (unpaired) electrons. The van der Waals surface area contributed by atoms with Gasteiger partial charge in [0.25, 0.3) is 0 Å². The van der Waals surface area contributed by atoms with Crippen molar-refractivity contribution in [1.82, 2.24) is 10.2 Å². The van der Waals surface area contributed by atoms with Crippen LogP contribution in [0, 0.1) is 12.3 Å². The largest absolute Gasteiger partial charge is 0.347 e. The zero-order chi connectivity index (χ0) is 16.1. The molecule has 1 aliphatic carbocycles. The highest BCUT2D eigenvalue weighted by atomic mass is 127. The number of urea groups is 1. The minimum atomic E-state index is -1.06. The van der Waals surface area contributed by atoms with E-state index in [9.17, 15) is 4.79 Å². The lowest BCUT2D eigenvalue weighted by Gasteiger charge is -2.36. The van der Waals surface area contributed by atoms with Gasteiger partial charge < -0.3 is 19.5 Å². The van der Waals surface area contributed by atoms with Gasteiger partial charge in [-0.3, -0.25) is 4.90 Å². The lowest BCUT2D eigenvalue weighted by molar-refractivity contribution is -0.222. The number of fused-ring (bicyclic) bond motifs is 1. The SMILES string of the molecule is C#C[C@@]12OC3(CCCC3)O[C@@H]1[C@@H](CI)O[C@H]2N1C=CCNC1=O. The molecule has 7 heteroatoms. The number of hydrogen-bond acceptors (Lipinski definition) is 4. The second-order valence-corrected chi connectivity index (χ2v) is 7.24. The van der Waals surface area contributed by atoms with Gasteiger partial charge in [0.05, 0.1) is 6.10 Å². The summed E-state index contributed by atoms with van der Waals surface area (Å²) in [4.78, 5) is 13.8. The molecule has 4 aliphatic rings. The van der Waals surface area contributed by atoms with Crippen molar-refractivity contribution in [3.05, 3.63) is 12.3 Å². The van der Waals surface area contributed by atoms with Crippen molar-refractivity contribution in [2.75, 3.05) is 11.0 Å². The summed E-state index contributed by atoms with van der Waals surface area (Å²) in [5, 5.41) is 2.78. The summed E-state index contributed by atoms with van der Waals surface area (Å²) < 4.78 is 19.5. The quantitative estimate of drug-likeness (QED) is 0.412. The smallest absolute Gasteiger partial charge is 0.323 e. The van der Waals surface area contributed by atoms with Crippen molar-refractivity contribution in [3.8, 4) is 12.3 Å². The van der Waals surface area contributed by atoms with Crippen LogP contribution >= 0.6 is 22.6 Å². The van der Waals surface area contributed by atoms with Gasteiger partial charge in [0, 0.05) is 30.0 Å². The number of rotatable bonds is 2. The topological polar surface area (TPSA) is 60.0 Å². The number of carbonyl (C=O) groups is 1. The van der Waals surface area contributed by atoms with Crippen LogP contribution < -0.4 is 5.32 Å². The Morgan fingerprint density at radius 2 is 2.26 bits per heavy atom. The summed E-state index contributed by atoms with van der Waals surface area (Å²) in [7, 11) is 0. The molecule has 0 bridgehead atoms. The Bertz CT molecular complexity index is 583. The predicted octanol–water partition coefficient (Wildman–Crippen LogP) is 1.74. The van der Waals surface area contributed by atoms with Crippen molar-refractivity contribution in [2.45, 2.75) is 55.5 Å². The fraction of sp³-hybridized carbons (Fsp3) is 0.688. The molecule has 1 N–H and O–H groups in total. The normalized spacial score (nSPS) is 41.1. The molecule has 2 amide bonds. The summed E-state index contributed by atoms with van der Waals surface area (Å²) in [6.45, 7) is 0.505. The molecule has 3 aliphatic heterocycles. The second kappa shape index (κ2) is 5.62. The first-order valence-electron chi connectivity index (χ1n) is 7.94. The van der Waals surface area contributed by atoms with Gasteiger partial charge in [0.15, 0.2) is 12.0 Å². The van der Waals surface area contributed by atoms with E-state index in [0.717, 1.165) is 30.1 Å².